The number of esters is 1. The second-order valence-corrected chi connectivity index (χ2v) is 8.42. The van der Waals surface area contributed by atoms with Crippen LogP contribution >= 0.6 is 45.8 Å². The smallest absolute Gasteiger partial charge is 0.363 e. The predicted molar refractivity (Wildman–Crippen MR) is 127 cm³/mol. The second kappa shape index (κ2) is 9.20. The topological polar surface area (TPSA) is 47.9 Å². The molecule has 0 radical (unpaired) electrons. The molecule has 0 amide bonds. The summed E-state index contributed by atoms with van der Waals surface area (Å²) in [6, 6.07) is 20.4. The van der Waals surface area contributed by atoms with Crippen molar-refractivity contribution in [3.63, 3.8) is 0 Å². The Morgan fingerprint density at radius 1 is 1.03 bits per heavy atom. The van der Waals surface area contributed by atoms with Gasteiger partial charge in [0.05, 0.1) is 10.6 Å². The van der Waals surface area contributed by atoms with E-state index in [-0.39, 0.29) is 11.6 Å². The van der Waals surface area contributed by atoms with E-state index >= 15 is 0 Å². The van der Waals surface area contributed by atoms with E-state index in [0.717, 1.165) is 20.4 Å². The molecule has 0 aliphatic carbocycles. The van der Waals surface area contributed by atoms with Crippen LogP contribution in [0.3, 0.4) is 0 Å². The molecule has 0 spiro atoms. The van der Waals surface area contributed by atoms with Gasteiger partial charge in [-0.05, 0) is 70.6 Å². The molecule has 30 heavy (non-hydrogen) atoms. The molecule has 0 saturated heterocycles. The van der Waals surface area contributed by atoms with Gasteiger partial charge in [-0.1, -0.05) is 53.5 Å². The van der Waals surface area contributed by atoms with E-state index < -0.39 is 5.97 Å². The molecule has 0 unspecified atom stereocenters. The minimum absolute atomic E-state index is 0.158. The average molecular weight is 550 g/mol. The third kappa shape index (κ3) is 4.86. The number of ether oxygens (including phenoxy) is 2. The fourth-order valence-corrected chi connectivity index (χ4v) is 3.81. The van der Waals surface area contributed by atoms with Gasteiger partial charge in [-0.25, -0.2) is 9.79 Å². The van der Waals surface area contributed by atoms with Crippen LogP contribution in [0.25, 0.3) is 6.08 Å². The zero-order valence-corrected chi connectivity index (χ0v) is 19.1. The van der Waals surface area contributed by atoms with Crippen LogP contribution in [0, 0.1) is 3.57 Å². The zero-order valence-electron chi connectivity index (χ0n) is 15.4. The van der Waals surface area contributed by atoms with Crippen LogP contribution in [-0.2, 0) is 16.1 Å². The Labute approximate surface area is 197 Å². The Morgan fingerprint density at radius 3 is 2.53 bits per heavy atom. The summed E-state index contributed by atoms with van der Waals surface area (Å²) in [5, 5.41) is 0.860. The summed E-state index contributed by atoms with van der Waals surface area (Å²) < 4.78 is 12.3. The molecule has 0 N–H and O–H groups in total. The van der Waals surface area contributed by atoms with Gasteiger partial charge in [-0.2, -0.15) is 0 Å². The number of carbonyl (C=O) groups excluding carboxylic acids is 1. The van der Waals surface area contributed by atoms with Crippen molar-refractivity contribution in [3.05, 3.63) is 103 Å². The lowest BCUT2D eigenvalue weighted by Gasteiger charge is -2.08. The third-order valence-electron chi connectivity index (χ3n) is 4.32. The molecule has 0 fully saturated rings. The number of rotatable bonds is 5. The molecule has 4 nitrogen and oxygen atoms in total. The number of hydrogen-bond donors (Lipinski definition) is 0. The molecule has 0 aromatic heterocycles. The summed E-state index contributed by atoms with van der Waals surface area (Å²) in [5.41, 5.74) is 2.64. The normalized spacial score (nSPS) is 14.6. The van der Waals surface area contributed by atoms with E-state index in [0.29, 0.717) is 22.2 Å². The molecule has 3 aromatic rings. The van der Waals surface area contributed by atoms with Crippen molar-refractivity contribution >= 4 is 63.7 Å². The summed E-state index contributed by atoms with van der Waals surface area (Å²) in [6.45, 7) is 0.487. The summed E-state index contributed by atoms with van der Waals surface area (Å²) in [6.07, 6.45) is 1.66. The molecule has 1 aliphatic heterocycles. The Bertz CT molecular complexity index is 1170. The lowest BCUT2D eigenvalue weighted by Crippen LogP contribution is -2.05. The van der Waals surface area contributed by atoms with Crippen molar-refractivity contribution < 1.29 is 14.3 Å². The van der Waals surface area contributed by atoms with Crippen molar-refractivity contribution in [1.29, 1.82) is 0 Å². The molecule has 1 aliphatic rings. The number of cyclic esters (lactones) is 1. The first kappa shape index (κ1) is 20.9. The van der Waals surface area contributed by atoms with Gasteiger partial charge in [0.15, 0.2) is 5.70 Å². The molecule has 3 aromatic carbocycles. The van der Waals surface area contributed by atoms with Gasteiger partial charge in [0.1, 0.15) is 12.4 Å². The van der Waals surface area contributed by atoms with E-state index in [1.54, 1.807) is 24.3 Å². The minimum atomic E-state index is -0.532. The maximum atomic E-state index is 12.2. The SMILES string of the molecule is O=C1OC(c2ccc(Cl)cc2Cl)=N/C1=C\c1ccc(OCc2ccccc2I)cc1. The van der Waals surface area contributed by atoms with E-state index in [9.17, 15) is 4.79 Å². The zero-order chi connectivity index (χ0) is 21.1. The molecular weight excluding hydrogens is 536 g/mol. The van der Waals surface area contributed by atoms with Crippen molar-refractivity contribution in [2.24, 2.45) is 4.99 Å². The van der Waals surface area contributed by atoms with Crippen LogP contribution in [0.2, 0.25) is 10.0 Å². The first-order valence-corrected chi connectivity index (χ1v) is 10.8. The highest BCUT2D eigenvalue weighted by Gasteiger charge is 2.25. The maximum Gasteiger partial charge on any atom is 0.363 e. The third-order valence-corrected chi connectivity index (χ3v) is 5.92. The van der Waals surface area contributed by atoms with E-state index in [4.69, 9.17) is 32.7 Å². The highest BCUT2D eigenvalue weighted by Crippen LogP contribution is 2.26. The van der Waals surface area contributed by atoms with Crippen LogP contribution in [0.4, 0.5) is 0 Å². The molecule has 7 heteroatoms. The number of halogens is 3. The average Bonchev–Trinajstić information content (AvgIpc) is 3.08. The molecule has 0 atom stereocenters. The highest BCUT2D eigenvalue weighted by atomic mass is 127. The molecule has 0 bridgehead atoms. The van der Waals surface area contributed by atoms with Gasteiger partial charge in [-0.15, -0.1) is 0 Å². The first-order valence-electron chi connectivity index (χ1n) is 8.94. The summed E-state index contributed by atoms with van der Waals surface area (Å²) in [7, 11) is 0. The van der Waals surface area contributed by atoms with Crippen LogP contribution in [0.1, 0.15) is 16.7 Å². The maximum absolute atomic E-state index is 12.2. The van der Waals surface area contributed by atoms with Gasteiger partial charge in [0.25, 0.3) is 0 Å². The molecule has 150 valence electrons. The fraction of sp³-hybridized carbons (Fsp3) is 0.0435. The van der Waals surface area contributed by atoms with Crippen LogP contribution in [0.15, 0.2) is 77.4 Å². The quantitative estimate of drug-likeness (QED) is 0.207. The Kier molecular flexibility index (Phi) is 6.41. The van der Waals surface area contributed by atoms with Gasteiger partial charge >= 0.3 is 5.97 Å². The summed E-state index contributed by atoms with van der Waals surface area (Å²) >= 11 is 14.4. The summed E-state index contributed by atoms with van der Waals surface area (Å²) in [5.74, 6) is 0.364. The largest absolute Gasteiger partial charge is 0.489 e. The van der Waals surface area contributed by atoms with E-state index in [2.05, 4.69) is 27.6 Å². The number of nitrogens with zero attached hydrogens (tertiary/aromatic N) is 1. The number of hydrogen-bond acceptors (Lipinski definition) is 4. The van der Waals surface area contributed by atoms with Crippen molar-refractivity contribution in [3.8, 4) is 5.75 Å². The van der Waals surface area contributed by atoms with Gasteiger partial charge in [0, 0.05) is 14.2 Å². The summed E-state index contributed by atoms with van der Waals surface area (Å²) in [4.78, 5) is 16.5. The van der Waals surface area contributed by atoms with E-state index in [1.165, 1.54) is 0 Å². The van der Waals surface area contributed by atoms with Gasteiger partial charge in [-0.3, -0.25) is 0 Å². The second-order valence-electron chi connectivity index (χ2n) is 6.41. The van der Waals surface area contributed by atoms with Crippen LogP contribution in [-0.4, -0.2) is 11.9 Å². The number of aliphatic imine (C=N–C) groups is 1. The fourth-order valence-electron chi connectivity index (χ4n) is 2.78. The monoisotopic (exact) mass is 549 g/mol. The van der Waals surface area contributed by atoms with Crippen LogP contribution in [0.5, 0.6) is 5.75 Å². The van der Waals surface area contributed by atoms with Crippen molar-refractivity contribution in [2.75, 3.05) is 0 Å². The lowest BCUT2D eigenvalue weighted by molar-refractivity contribution is -0.129. The molecule has 0 saturated carbocycles. The predicted octanol–water partition coefficient (Wildman–Crippen LogP) is 6.52. The lowest BCUT2D eigenvalue weighted by atomic mass is 10.2. The van der Waals surface area contributed by atoms with E-state index in [1.807, 2.05) is 48.5 Å². The van der Waals surface area contributed by atoms with Gasteiger partial charge in [0.2, 0.25) is 5.90 Å². The minimum Gasteiger partial charge on any atom is -0.489 e. The highest BCUT2D eigenvalue weighted by molar-refractivity contribution is 14.1. The van der Waals surface area contributed by atoms with Crippen LogP contribution < -0.4 is 4.74 Å². The standard InChI is InChI=1S/C23H14Cl2INO3/c24-16-7-10-18(19(25)12-16)22-27-21(23(28)30-22)11-14-5-8-17(9-6-14)29-13-15-3-1-2-4-20(15)26/h1-12H,13H2/b21-11-. The van der Waals surface area contributed by atoms with Crippen molar-refractivity contribution in [2.45, 2.75) is 6.61 Å². The Hall–Kier alpha value is -2.35. The van der Waals surface area contributed by atoms with Gasteiger partial charge < -0.3 is 9.47 Å². The van der Waals surface area contributed by atoms with Crippen molar-refractivity contribution in [1.82, 2.24) is 0 Å². The molecule has 1 heterocycles. The number of benzene rings is 3. The first-order chi connectivity index (χ1) is 14.5. The Balaban J connectivity index is 1.48. The molecular formula is C23H14Cl2INO3. The Morgan fingerprint density at radius 2 is 1.80 bits per heavy atom. The number of carbonyl (C=O) groups is 1. The molecule has 4 rings (SSSR count).